The zero-order valence-corrected chi connectivity index (χ0v) is 12.5. The Labute approximate surface area is 120 Å². The topological polar surface area (TPSA) is 38.8 Å². The summed E-state index contributed by atoms with van der Waals surface area (Å²) < 4.78 is 10.5. The SMILES string of the molecule is COc1cccc(N2CCC(CC(=O)OC(C)C)C2)c1. The second-order valence-corrected chi connectivity index (χ2v) is 5.54. The highest BCUT2D eigenvalue weighted by Gasteiger charge is 2.25. The molecule has 1 unspecified atom stereocenters. The third kappa shape index (κ3) is 3.89. The van der Waals surface area contributed by atoms with E-state index in [2.05, 4.69) is 11.0 Å². The third-order valence-corrected chi connectivity index (χ3v) is 3.53. The van der Waals surface area contributed by atoms with Gasteiger partial charge in [0.25, 0.3) is 0 Å². The molecule has 4 heteroatoms. The van der Waals surface area contributed by atoms with Crippen molar-refractivity contribution in [2.75, 3.05) is 25.1 Å². The summed E-state index contributed by atoms with van der Waals surface area (Å²) in [5, 5.41) is 0. The molecule has 0 aromatic heterocycles. The summed E-state index contributed by atoms with van der Waals surface area (Å²) in [6.07, 6.45) is 1.52. The molecule has 0 saturated carbocycles. The van der Waals surface area contributed by atoms with Crippen molar-refractivity contribution < 1.29 is 14.3 Å². The Bertz CT molecular complexity index is 459. The maximum absolute atomic E-state index is 11.7. The molecular weight excluding hydrogens is 254 g/mol. The molecular formula is C16H23NO3. The lowest BCUT2D eigenvalue weighted by atomic mass is 10.1. The summed E-state index contributed by atoms with van der Waals surface area (Å²) in [7, 11) is 1.67. The maximum Gasteiger partial charge on any atom is 0.306 e. The van der Waals surface area contributed by atoms with Gasteiger partial charge in [-0.3, -0.25) is 4.79 Å². The lowest BCUT2D eigenvalue weighted by molar-refractivity contribution is -0.148. The second kappa shape index (κ2) is 6.64. The van der Waals surface area contributed by atoms with Crippen LogP contribution in [-0.2, 0) is 9.53 Å². The average Bonchev–Trinajstić information content (AvgIpc) is 2.86. The molecule has 1 atom stereocenters. The van der Waals surface area contributed by atoms with Crippen LogP contribution in [0.2, 0.25) is 0 Å². The highest BCUT2D eigenvalue weighted by atomic mass is 16.5. The molecule has 0 spiro atoms. The number of benzene rings is 1. The smallest absolute Gasteiger partial charge is 0.306 e. The normalized spacial score (nSPS) is 18.4. The van der Waals surface area contributed by atoms with Crippen LogP contribution < -0.4 is 9.64 Å². The van der Waals surface area contributed by atoms with Gasteiger partial charge in [-0.05, 0) is 38.3 Å². The van der Waals surface area contributed by atoms with E-state index in [9.17, 15) is 4.79 Å². The molecule has 4 nitrogen and oxygen atoms in total. The summed E-state index contributed by atoms with van der Waals surface area (Å²) in [6, 6.07) is 8.05. The van der Waals surface area contributed by atoms with Crippen molar-refractivity contribution in [3.8, 4) is 5.75 Å². The van der Waals surface area contributed by atoms with Crippen LogP contribution in [0, 0.1) is 5.92 Å². The fourth-order valence-electron chi connectivity index (χ4n) is 2.59. The van der Waals surface area contributed by atoms with Gasteiger partial charge >= 0.3 is 5.97 Å². The molecule has 110 valence electrons. The second-order valence-electron chi connectivity index (χ2n) is 5.54. The monoisotopic (exact) mass is 277 g/mol. The molecule has 20 heavy (non-hydrogen) atoms. The van der Waals surface area contributed by atoms with Gasteiger partial charge in [0.2, 0.25) is 0 Å². The van der Waals surface area contributed by atoms with E-state index in [4.69, 9.17) is 9.47 Å². The quantitative estimate of drug-likeness (QED) is 0.776. The highest BCUT2D eigenvalue weighted by Crippen LogP contribution is 2.28. The van der Waals surface area contributed by atoms with Crippen LogP contribution in [0.25, 0.3) is 0 Å². The number of nitrogens with zero attached hydrogens (tertiary/aromatic N) is 1. The number of carbonyl (C=O) groups is 1. The molecule has 1 fully saturated rings. The first kappa shape index (κ1) is 14.7. The van der Waals surface area contributed by atoms with E-state index < -0.39 is 0 Å². The first-order chi connectivity index (χ1) is 9.58. The fourth-order valence-corrected chi connectivity index (χ4v) is 2.59. The van der Waals surface area contributed by atoms with Crippen molar-refractivity contribution in [1.82, 2.24) is 0 Å². The molecule has 0 amide bonds. The van der Waals surface area contributed by atoms with Crippen LogP contribution in [0.4, 0.5) is 5.69 Å². The Morgan fingerprint density at radius 3 is 2.95 bits per heavy atom. The average molecular weight is 277 g/mol. The number of anilines is 1. The Kier molecular flexibility index (Phi) is 4.88. The third-order valence-electron chi connectivity index (χ3n) is 3.53. The Hall–Kier alpha value is -1.71. The van der Waals surface area contributed by atoms with E-state index in [1.165, 1.54) is 0 Å². The molecule has 1 saturated heterocycles. The number of hydrogen-bond acceptors (Lipinski definition) is 4. The van der Waals surface area contributed by atoms with Crippen LogP contribution >= 0.6 is 0 Å². The van der Waals surface area contributed by atoms with Gasteiger partial charge in [0, 0.05) is 24.8 Å². The van der Waals surface area contributed by atoms with Crippen molar-refractivity contribution in [2.24, 2.45) is 5.92 Å². The van der Waals surface area contributed by atoms with Crippen LogP contribution in [-0.4, -0.2) is 32.3 Å². The summed E-state index contributed by atoms with van der Waals surface area (Å²) in [6.45, 7) is 5.65. The van der Waals surface area contributed by atoms with Crippen molar-refractivity contribution in [2.45, 2.75) is 32.8 Å². The first-order valence-corrected chi connectivity index (χ1v) is 7.17. The minimum atomic E-state index is -0.0857. The number of rotatable bonds is 5. The standard InChI is InChI=1S/C16H23NO3/c1-12(2)20-16(18)9-13-7-8-17(11-13)14-5-4-6-15(10-14)19-3/h4-6,10,12-13H,7-9,11H2,1-3H3. The largest absolute Gasteiger partial charge is 0.497 e. The molecule has 1 aliphatic heterocycles. The molecule has 0 N–H and O–H groups in total. The van der Waals surface area contributed by atoms with Crippen molar-refractivity contribution in [1.29, 1.82) is 0 Å². The van der Waals surface area contributed by atoms with Crippen molar-refractivity contribution in [3.05, 3.63) is 24.3 Å². The maximum atomic E-state index is 11.7. The van der Waals surface area contributed by atoms with Crippen LogP contribution in [0.5, 0.6) is 5.75 Å². The number of hydrogen-bond donors (Lipinski definition) is 0. The van der Waals surface area contributed by atoms with Gasteiger partial charge in [0.05, 0.1) is 19.6 Å². The minimum Gasteiger partial charge on any atom is -0.497 e. The predicted molar refractivity (Wildman–Crippen MR) is 79.2 cm³/mol. The van der Waals surface area contributed by atoms with Gasteiger partial charge in [0.1, 0.15) is 5.75 Å². The first-order valence-electron chi connectivity index (χ1n) is 7.17. The number of carbonyl (C=O) groups excluding carboxylic acids is 1. The Balaban J connectivity index is 1.90. The van der Waals surface area contributed by atoms with Gasteiger partial charge in [-0.25, -0.2) is 0 Å². The van der Waals surface area contributed by atoms with E-state index in [-0.39, 0.29) is 12.1 Å². The van der Waals surface area contributed by atoms with E-state index in [1.54, 1.807) is 7.11 Å². The molecule has 2 rings (SSSR count). The van der Waals surface area contributed by atoms with Crippen LogP contribution in [0.15, 0.2) is 24.3 Å². The van der Waals surface area contributed by atoms with Crippen molar-refractivity contribution >= 4 is 11.7 Å². The van der Waals surface area contributed by atoms with Crippen LogP contribution in [0.1, 0.15) is 26.7 Å². The molecule has 1 heterocycles. The lowest BCUT2D eigenvalue weighted by Gasteiger charge is -2.19. The molecule has 1 aliphatic rings. The van der Waals surface area contributed by atoms with E-state index in [0.29, 0.717) is 12.3 Å². The molecule has 0 aliphatic carbocycles. The Morgan fingerprint density at radius 1 is 1.45 bits per heavy atom. The number of methoxy groups -OCH3 is 1. The zero-order valence-electron chi connectivity index (χ0n) is 12.5. The number of esters is 1. The number of ether oxygens (including phenoxy) is 2. The summed E-state index contributed by atoms with van der Waals surface area (Å²) in [5.74, 6) is 1.16. The molecule has 0 bridgehead atoms. The van der Waals surface area contributed by atoms with Crippen LogP contribution in [0.3, 0.4) is 0 Å². The van der Waals surface area contributed by atoms with Gasteiger partial charge in [0.15, 0.2) is 0 Å². The van der Waals surface area contributed by atoms with Gasteiger partial charge in [-0.2, -0.15) is 0 Å². The Morgan fingerprint density at radius 2 is 2.25 bits per heavy atom. The summed E-state index contributed by atoms with van der Waals surface area (Å²) >= 11 is 0. The van der Waals surface area contributed by atoms with Gasteiger partial charge in [-0.1, -0.05) is 6.07 Å². The zero-order chi connectivity index (χ0) is 14.5. The molecule has 1 aromatic rings. The van der Waals surface area contributed by atoms with Gasteiger partial charge < -0.3 is 14.4 Å². The van der Waals surface area contributed by atoms with Crippen molar-refractivity contribution in [3.63, 3.8) is 0 Å². The fraction of sp³-hybridized carbons (Fsp3) is 0.562. The highest BCUT2D eigenvalue weighted by molar-refractivity contribution is 5.70. The summed E-state index contributed by atoms with van der Waals surface area (Å²) in [4.78, 5) is 14.0. The lowest BCUT2D eigenvalue weighted by Crippen LogP contribution is -2.21. The van der Waals surface area contributed by atoms with Gasteiger partial charge in [-0.15, -0.1) is 0 Å². The minimum absolute atomic E-state index is 0.0293. The summed E-state index contributed by atoms with van der Waals surface area (Å²) in [5.41, 5.74) is 1.16. The van der Waals surface area contributed by atoms with E-state index in [1.807, 2.05) is 32.0 Å². The predicted octanol–water partition coefficient (Wildman–Crippen LogP) is 2.86. The van der Waals surface area contributed by atoms with E-state index in [0.717, 1.165) is 30.9 Å². The van der Waals surface area contributed by atoms with E-state index >= 15 is 0 Å². The molecule has 0 radical (unpaired) electrons. The molecule has 1 aromatic carbocycles.